The van der Waals surface area contributed by atoms with Gasteiger partial charge in [0.05, 0.1) is 5.69 Å². The third kappa shape index (κ3) is 5.06. The third-order valence-electron chi connectivity index (χ3n) is 6.63. The van der Waals surface area contributed by atoms with E-state index < -0.39 is 0 Å². The van der Waals surface area contributed by atoms with Crippen LogP contribution in [-0.2, 0) is 19.1 Å². The number of nitrogens with zero attached hydrogens (tertiary/aromatic N) is 2. The second kappa shape index (κ2) is 10.1. The fourth-order valence-corrected chi connectivity index (χ4v) is 4.77. The van der Waals surface area contributed by atoms with Gasteiger partial charge >= 0.3 is 0 Å². The average molecular weight is 447 g/mol. The molecule has 0 N–H and O–H groups in total. The zero-order valence-corrected chi connectivity index (χ0v) is 19.2. The summed E-state index contributed by atoms with van der Waals surface area (Å²) in [4.78, 5) is 38.8. The molecular formula is C27H30N2O4. The van der Waals surface area contributed by atoms with Gasteiger partial charge < -0.3 is 9.64 Å². The van der Waals surface area contributed by atoms with E-state index in [0.717, 1.165) is 36.8 Å². The van der Waals surface area contributed by atoms with Gasteiger partial charge in [-0.25, -0.2) is 4.90 Å². The van der Waals surface area contributed by atoms with Gasteiger partial charge in [0.15, 0.2) is 0 Å². The molecule has 0 saturated heterocycles. The van der Waals surface area contributed by atoms with Crippen LogP contribution in [0, 0.1) is 0 Å². The first-order chi connectivity index (χ1) is 16.0. The minimum Gasteiger partial charge on any atom is -0.361 e. The van der Waals surface area contributed by atoms with Crippen molar-refractivity contribution in [3.05, 3.63) is 66.2 Å². The molecule has 3 amide bonds. The van der Waals surface area contributed by atoms with Crippen molar-refractivity contribution in [3.63, 3.8) is 0 Å². The Hall–Kier alpha value is -3.25. The van der Waals surface area contributed by atoms with E-state index in [4.69, 9.17) is 4.74 Å². The Balaban J connectivity index is 1.37. The molecule has 2 aliphatic rings. The van der Waals surface area contributed by atoms with Crippen molar-refractivity contribution in [3.8, 4) is 11.1 Å². The third-order valence-corrected chi connectivity index (χ3v) is 6.63. The first kappa shape index (κ1) is 22.9. The topological polar surface area (TPSA) is 66.9 Å². The van der Waals surface area contributed by atoms with Crippen LogP contribution in [-0.4, -0.2) is 42.0 Å². The Morgan fingerprint density at radius 3 is 1.97 bits per heavy atom. The van der Waals surface area contributed by atoms with Crippen LogP contribution in [0.1, 0.15) is 51.0 Å². The molecule has 0 radical (unpaired) electrons. The minimum absolute atomic E-state index is 0.0806. The van der Waals surface area contributed by atoms with Crippen LogP contribution >= 0.6 is 0 Å². The highest BCUT2D eigenvalue weighted by Crippen LogP contribution is 2.36. The van der Waals surface area contributed by atoms with Crippen LogP contribution in [0.4, 0.5) is 5.69 Å². The molecule has 1 fully saturated rings. The number of carbonyl (C=O) groups excluding carboxylic acids is 3. The van der Waals surface area contributed by atoms with E-state index in [-0.39, 0.29) is 23.8 Å². The highest BCUT2D eigenvalue weighted by Gasteiger charge is 2.28. The second-order valence-electron chi connectivity index (χ2n) is 8.63. The fraction of sp³-hybridized carbons (Fsp3) is 0.370. The highest BCUT2D eigenvalue weighted by atomic mass is 16.5. The van der Waals surface area contributed by atoms with Gasteiger partial charge in [0, 0.05) is 31.7 Å². The normalized spacial score (nSPS) is 20.4. The Bertz CT molecular complexity index is 1020. The average Bonchev–Trinajstić information content (AvgIpc) is 3.17. The zero-order chi connectivity index (χ0) is 23.4. The molecule has 0 atom stereocenters. The molecule has 1 aliphatic carbocycles. The van der Waals surface area contributed by atoms with Crippen molar-refractivity contribution in [2.45, 2.75) is 51.5 Å². The Kier molecular flexibility index (Phi) is 7.04. The summed E-state index contributed by atoms with van der Waals surface area (Å²) in [6.07, 6.45) is 6.67. The largest absolute Gasteiger partial charge is 0.361 e. The number of carbonyl (C=O) groups is 3. The van der Waals surface area contributed by atoms with Gasteiger partial charge in [0.2, 0.25) is 5.91 Å². The number of hydrogen-bond acceptors (Lipinski definition) is 4. The standard InChI is InChI=1S/C27H30N2O4/c1-3-33-18-28(19(2)30)24-12-8-22(9-13-24)20-4-6-21(7-5-20)23-10-14-25(15-11-23)29-26(31)16-17-27(29)32/h4-7,10-11,14-17,22,24H,3,8-9,12-13,18H2,1-2H3. The predicted molar refractivity (Wildman–Crippen MR) is 128 cm³/mol. The molecule has 2 aromatic carbocycles. The van der Waals surface area contributed by atoms with E-state index in [2.05, 4.69) is 24.3 Å². The summed E-state index contributed by atoms with van der Waals surface area (Å²) >= 11 is 0. The number of benzene rings is 2. The van der Waals surface area contributed by atoms with Gasteiger partial charge in [-0.15, -0.1) is 0 Å². The van der Waals surface area contributed by atoms with Crippen molar-refractivity contribution < 1.29 is 19.1 Å². The van der Waals surface area contributed by atoms with E-state index in [1.165, 1.54) is 22.6 Å². The quantitative estimate of drug-likeness (QED) is 0.459. The summed E-state index contributed by atoms with van der Waals surface area (Å²) in [6.45, 7) is 4.55. The maximum Gasteiger partial charge on any atom is 0.258 e. The van der Waals surface area contributed by atoms with Crippen LogP contribution in [0.15, 0.2) is 60.7 Å². The van der Waals surface area contributed by atoms with Crippen molar-refractivity contribution in [1.82, 2.24) is 4.90 Å². The van der Waals surface area contributed by atoms with Crippen LogP contribution < -0.4 is 4.90 Å². The molecule has 33 heavy (non-hydrogen) atoms. The lowest BCUT2D eigenvalue weighted by atomic mass is 9.81. The van der Waals surface area contributed by atoms with Crippen LogP contribution in [0.25, 0.3) is 11.1 Å². The van der Waals surface area contributed by atoms with Crippen molar-refractivity contribution in [2.75, 3.05) is 18.2 Å². The van der Waals surface area contributed by atoms with Crippen LogP contribution in [0.3, 0.4) is 0 Å². The van der Waals surface area contributed by atoms with Crippen LogP contribution in [0.2, 0.25) is 0 Å². The van der Waals surface area contributed by atoms with E-state index in [1.54, 1.807) is 19.1 Å². The lowest BCUT2D eigenvalue weighted by molar-refractivity contribution is -0.138. The molecule has 0 spiro atoms. The molecule has 6 heteroatoms. The van der Waals surface area contributed by atoms with Crippen molar-refractivity contribution >= 4 is 23.4 Å². The first-order valence-electron chi connectivity index (χ1n) is 11.6. The molecule has 0 aromatic heterocycles. The van der Waals surface area contributed by atoms with Crippen molar-refractivity contribution in [2.24, 2.45) is 0 Å². The zero-order valence-electron chi connectivity index (χ0n) is 19.2. The molecule has 0 unspecified atom stereocenters. The van der Waals surface area contributed by atoms with E-state index in [9.17, 15) is 14.4 Å². The monoisotopic (exact) mass is 446 g/mol. The highest BCUT2D eigenvalue weighted by molar-refractivity contribution is 6.28. The van der Waals surface area contributed by atoms with E-state index in [1.807, 2.05) is 24.0 Å². The van der Waals surface area contributed by atoms with Gasteiger partial charge in [-0.1, -0.05) is 36.4 Å². The van der Waals surface area contributed by atoms with Gasteiger partial charge in [0.25, 0.3) is 11.8 Å². The number of amides is 3. The molecule has 0 bridgehead atoms. The molecule has 172 valence electrons. The SMILES string of the molecule is CCOCN(C(C)=O)C1CCC(c2ccc(-c3ccc(N4C(=O)C=CC4=O)cc3)cc2)CC1. The molecule has 1 heterocycles. The number of ether oxygens (including phenoxy) is 1. The maximum atomic E-state index is 12.0. The summed E-state index contributed by atoms with van der Waals surface area (Å²) in [5.41, 5.74) is 4.04. The first-order valence-corrected chi connectivity index (χ1v) is 11.6. The molecular weight excluding hydrogens is 416 g/mol. The number of anilines is 1. The number of imide groups is 1. The van der Waals surface area contributed by atoms with Gasteiger partial charge in [-0.05, 0) is 67.3 Å². The Labute approximate surface area is 194 Å². The summed E-state index contributed by atoms with van der Waals surface area (Å²) < 4.78 is 5.49. The number of rotatable bonds is 7. The smallest absolute Gasteiger partial charge is 0.258 e. The minimum atomic E-state index is -0.309. The summed E-state index contributed by atoms with van der Waals surface area (Å²) in [5, 5.41) is 0. The summed E-state index contributed by atoms with van der Waals surface area (Å²) in [5.74, 6) is -0.0393. The molecule has 6 nitrogen and oxygen atoms in total. The maximum absolute atomic E-state index is 12.0. The second-order valence-corrected chi connectivity index (χ2v) is 8.63. The predicted octanol–water partition coefficient (Wildman–Crippen LogP) is 4.65. The van der Waals surface area contributed by atoms with Crippen molar-refractivity contribution in [1.29, 1.82) is 0 Å². The lowest BCUT2D eigenvalue weighted by Gasteiger charge is -2.36. The fourth-order valence-electron chi connectivity index (χ4n) is 4.77. The van der Waals surface area contributed by atoms with Gasteiger partial charge in [0.1, 0.15) is 6.73 Å². The molecule has 1 aliphatic heterocycles. The van der Waals surface area contributed by atoms with Gasteiger partial charge in [-0.2, -0.15) is 0 Å². The summed E-state index contributed by atoms with van der Waals surface area (Å²) in [7, 11) is 0. The van der Waals surface area contributed by atoms with Crippen LogP contribution in [0.5, 0.6) is 0 Å². The molecule has 2 aromatic rings. The van der Waals surface area contributed by atoms with E-state index >= 15 is 0 Å². The Morgan fingerprint density at radius 1 is 0.909 bits per heavy atom. The number of hydrogen-bond donors (Lipinski definition) is 0. The Morgan fingerprint density at radius 2 is 1.45 bits per heavy atom. The molecule has 1 saturated carbocycles. The summed E-state index contributed by atoms with van der Waals surface area (Å²) in [6, 6.07) is 16.4. The molecule has 4 rings (SSSR count). The van der Waals surface area contributed by atoms with E-state index in [0.29, 0.717) is 24.9 Å². The lowest BCUT2D eigenvalue weighted by Crippen LogP contribution is -2.42. The van der Waals surface area contributed by atoms with Gasteiger partial charge in [-0.3, -0.25) is 14.4 Å².